The third-order valence-electron chi connectivity index (χ3n) is 1.42. The van der Waals surface area contributed by atoms with Crippen LogP contribution in [0.3, 0.4) is 0 Å². The van der Waals surface area contributed by atoms with E-state index in [1.165, 1.54) is 0 Å². The van der Waals surface area contributed by atoms with Crippen LogP contribution < -0.4 is 5.73 Å². The second kappa shape index (κ2) is 4.34. The molecule has 0 saturated heterocycles. The van der Waals surface area contributed by atoms with Gasteiger partial charge in [0.2, 0.25) is 0 Å². The molecule has 0 heterocycles. The fourth-order valence-electron chi connectivity index (χ4n) is 0.780. The molecule has 1 aromatic rings. The summed E-state index contributed by atoms with van der Waals surface area (Å²) in [6.07, 6.45) is 0. The van der Waals surface area contributed by atoms with Gasteiger partial charge in [-0.1, -0.05) is 51.5 Å². The van der Waals surface area contributed by atoms with Gasteiger partial charge in [0.05, 0.1) is 31.5 Å². The lowest BCUT2D eigenvalue weighted by Crippen LogP contribution is -1.89. The van der Waals surface area contributed by atoms with Crippen molar-refractivity contribution in [2.75, 3.05) is 5.73 Å². The maximum Gasteiger partial charge on any atom is 0.0842 e. The Morgan fingerprint density at radius 3 is 2.00 bits per heavy atom. The lowest BCUT2D eigenvalue weighted by molar-refractivity contribution is 1.47. The maximum atomic E-state index is 8.24. The number of nitrogen functional groups attached to an aromatic ring is 1. The fraction of sp³-hybridized carbons (Fsp3) is 0. The topological polar surface area (TPSA) is 74.8 Å². The first-order valence-electron chi connectivity index (χ1n) is 3.17. The molecule has 0 bridgehead atoms. The molecule has 0 aliphatic heterocycles. The van der Waals surface area contributed by atoms with Crippen molar-refractivity contribution in [1.29, 1.82) is 0 Å². The second-order valence-corrected chi connectivity index (χ2v) is 3.72. The normalized spacial score (nSPS) is 9.71. The van der Waals surface area contributed by atoms with Gasteiger partial charge >= 0.3 is 0 Å². The Balaban J connectivity index is 3.67. The highest BCUT2D eigenvalue weighted by Crippen LogP contribution is 2.47. The smallest absolute Gasteiger partial charge is 0.0842 e. The van der Waals surface area contributed by atoms with Crippen molar-refractivity contribution in [2.24, 2.45) is 5.11 Å². The fourth-order valence-corrected chi connectivity index (χ4v) is 1.67. The predicted molar refractivity (Wildman–Crippen MR) is 59.7 cm³/mol. The Labute approximate surface area is 99.1 Å². The van der Waals surface area contributed by atoms with E-state index in [2.05, 4.69) is 10.0 Å². The summed E-state index contributed by atoms with van der Waals surface area (Å²) in [5.41, 5.74) is 13.7. The van der Waals surface area contributed by atoms with Crippen LogP contribution in [0, 0.1) is 0 Å². The van der Waals surface area contributed by atoms with Gasteiger partial charge in [-0.3, -0.25) is 0 Å². The first kappa shape index (κ1) is 11.6. The molecule has 14 heavy (non-hydrogen) atoms. The molecule has 1 aromatic carbocycles. The highest BCUT2D eigenvalue weighted by atomic mass is 35.5. The molecule has 0 amide bonds. The number of rotatable bonds is 1. The summed E-state index contributed by atoms with van der Waals surface area (Å²) in [7, 11) is 0. The van der Waals surface area contributed by atoms with Crippen molar-refractivity contribution in [3.63, 3.8) is 0 Å². The first-order chi connectivity index (χ1) is 6.50. The van der Waals surface area contributed by atoms with E-state index >= 15 is 0 Å². The average molecular weight is 272 g/mol. The summed E-state index contributed by atoms with van der Waals surface area (Å²) in [5.74, 6) is 0. The van der Waals surface area contributed by atoms with E-state index in [4.69, 9.17) is 57.7 Å². The van der Waals surface area contributed by atoms with Crippen LogP contribution in [0.5, 0.6) is 0 Å². The Hall–Kier alpha value is -0.510. The Morgan fingerprint density at radius 2 is 1.50 bits per heavy atom. The standard InChI is InChI=1S/C6H2Cl4N4/c7-1-2(8)4(10)6(13-14-12)5(11)3(1)9/h11H2. The number of hydrogen-bond donors (Lipinski definition) is 1. The summed E-state index contributed by atoms with van der Waals surface area (Å²) in [5, 5.41) is 3.31. The molecule has 0 aliphatic carbocycles. The van der Waals surface area contributed by atoms with Gasteiger partial charge in [-0.2, -0.15) is 0 Å². The first-order valence-corrected chi connectivity index (χ1v) is 4.68. The minimum Gasteiger partial charge on any atom is -0.397 e. The molecule has 0 fully saturated rings. The van der Waals surface area contributed by atoms with Crippen molar-refractivity contribution >= 4 is 57.8 Å². The summed E-state index contributed by atoms with van der Waals surface area (Å²) >= 11 is 22.9. The highest BCUT2D eigenvalue weighted by molar-refractivity contribution is 6.54. The number of nitrogens with two attached hydrogens (primary N) is 1. The van der Waals surface area contributed by atoms with E-state index in [9.17, 15) is 0 Å². The van der Waals surface area contributed by atoms with Crippen LogP contribution in [0.25, 0.3) is 10.4 Å². The third-order valence-corrected chi connectivity index (χ3v) is 3.23. The highest BCUT2D eigenvalue weighted by Gasteiger charge is 2.17. The molecule has 0 aromatic heterocycles. The van der Waals surface area contributed by atoms with Crippen LogP contribution in [0.2, 0.25) is 20.1 Å². The molecular weight excluding hydrogens is 270 g/mol. The monoisotopic (exact) mass is 270 g/mol. The van der Waals surface area contributed by atoms with Crippen molar-refractivity contribution < 1.29 is 0 Å². The maximum absolute atomic E-state index is 8.24. The number of azide groups is 1. The summed E-state index contributed by atoms with van der Waals surface area (Å²) < 4.78 is 0. The Kier molecular flexibility index (Phi) is 3.59. The molecule has 2 N–H and O–H groups in total. The van der Waals surface area contributed by atoms with E-state index in [1.54, 1.807) is 0 Å². The molecule has 0 radical (unpaired) electrons. The lowest BCUT2D eigenvalue weighted by atomic mass is 10.2. The predicted octanol–water partition coefficient (Wildman–Crippen LogP) is 4.82. The van der Waals surface area contributed by atoms with Gasteiger partial charge in [-0.25, -0.2) is 0 Å². The van der Waals surface area contributed by atoms with Crippen molar-refractivity contribution in [3.8, 4) is 0 Å². The summed E-state index contributed by atoms with van der Waals surface area (Å²) in [4.78, 5) is 2.54. The van der Waals surface area contributed by atoms with Crippen LogP contribution in [-0.4, -0.2) is 0 Å². The Morgan fingerprint density at radius 1 is 1.00 bits per heavy atom. The lowest BCUT2D eigenvalue weighted by Gasteiger charge is -2.08. The van der Waals surface area contributed by atoms with Crippen molar-refractivity contribution in [3.05, 3.63) is 30.5 Å². The van der Waals surface area contributed by atoms with E-state index < -0.39 is 0 Å². The molecule has 74 valence electrons. The minimum absolute atomic E-state index is 0.00358. The molecule has 8 heteroatoms. The third kappa shape index (κ3) is 1.80. The Bertz CT molecular complexity index is 409. The zero-order valence-corrected chi connectivity index (χ0v) is 9.45. The number of nitrogens with zero attached hydrogens (tertiary/aromatic N) is 3. The minimum atomic E-state index is -0.0198. The molecule has 0 unspecified atom stereocenters. The number of halogens is 4. The largest absolute Gasteiger partial charge is 0.397 e. The van der Waals surface area contributed by atoms with Gasteiger partial charge in [-0.15, -0.1) is 0 Å². The van der Waals surface area contributed by atoms with Crippen LogP contribution in [0.4, 0.5) is 11.4 Å². The number of anilines is 1. The van der Waals surface area contributed by atoms with Gasteiger partial charge in [0.15, 0.2) is 0 Å². The molecule has 0 atom stereocenters. The molecule has 1 rings (SSSR count). The number of benzene rings is 1. The average Bonchev–Trinajstić information content (AvgIpc) is 2.19. The molecule has 0 saturated carbocycles. The van der Waals surface area contributed by atoms with Gasteiger partial charge in [0.25, 0.3) is 0 Å². The van der Waals surface area contributed by atoms with Gasteiger partial charge in [0.1, 0.15) is 0 Å². The van der Waals surface area contributed by atoms with Gasteiger partial charge < -0.3 is 5.73 Å². The molecule has 0 spiro atoms. The molecule has 4 nitrogen and oxygen atoms in total. The number of hydrogen-bond acceptors (Lipinski definition) is 2. The summed E-state index contributed by atoms with van der Waals surface area (Å²) in [6.45, 7) is 0. The van der Waals surface area contributed by atoms with Crippen LogP contribution >= 0.6 is 46.4 Å². The second-order valence-electron chi connectivity index (χ2n) is 2.21. The zero-order chi connectivity index (χ0) is 10.9. The zero-order valence-electron chi connectivity index (χ0n) is 6.43. The van der Waals surface area contributed by atoms with E-state index in [-0.39, 0.29) is 31.5 Å². The van der Waals surface area contributed by atoms with E-state index in [0.717, 1.165) is 0 Å². The van der Waals surface area contributed by atoms with Gasteiger partial charge in [0, 0.05) is 4.91 Å². The van der Waals surface area contributed by atoms with Crippen LogP contribution in [0.15, 0.2) is 5.11 Å². The molecular formula is C6H2Cl4N4. The van der Waals surface area contributed by atoms with Crippen molar-refractivity contribution in [1.82, 2.24) is 0 Å². The van der Waals surface area contributed by atoms with E-state index in [1.807, 2.05) is 0 Å². The SMILES string of the molecule is [N-]=[N+]=Nc1c(N)c(Cl)c(Cl)c(Cl)c1Cl. The summed E-state index contributed by atoms with van der Waals surface area (Å²) in [6, 6.07) is 0. The van der Waals surface area contributed by atoms with Crippen LogP contribution in [-0.2, 0) is 0 Å². The quantitative estimate of drug-likeness (QED) is 0.195. The van der Waals surface area contributed by atoms with Crippen molar-refractivity contribution in [2.45, 2.75) is 0 Å². The molecule has 0 aliphatic rings. The van der Waals surface area contributed by atoms with E-state index in [0.29, 0.717) is 0 Å². The van der Waals surface area contributed by atoms with Gasteiger partial charge in [-0.05, 0) is 5.53 Å². The van der Waals surface area contributed by atoms with Crippen LogP contribution in [0.1, 0.15) is 0 Å².